The number of carbonyl (C=O) groups excluding carboxylic acids is 2. The molecule has 3 rings (SSSR count). The van der Waals surface area contributed by atoms with Crippen molar-refractivity contribution in [2.24, 2.45) is 11.8 Å². The Kier molecular flexibility index (Phi) is 6.14. The molecule has 2 heterocycles. The van der Waals surface area contributed by atoms with E-state index >= 15 is 0 Å². The zero-order valence-electron chi connectivity index (χ0n) is 16.9. The molecule has 0 aromatic carbocycles. The molecule has 0 radical (unpaired) electrons. The number of carbonyl (C=O) groups is 2. The predicted octanol–water partition coefficient (Wildman–Crippen LogP) is 4.60. The maximum absolute atomic E-state index is 12.5. The van der Waals surface area contributed by atoms with Gasteiger partial charge < -0.3 is 15.0 Å². The van der Waals surface area contributed by atoms with Gasteiger partial charge in [-0.05, 0) is 83.8 Å². The minimum absolute atomic E-state index is 0.0659. The Morgan fingerprint density at radius 1 is 1.22 bits per heavy atom. The molecule has 150 valence electrons. The van der Waals surface area contributed by atoms with E-state index in [0.29, 0.717) is 11.8 Å². The fraction of sp³-hybridized carbons (Fsp3) is 0.714. The lowest BCUT2D eigenvalue weighted by Gasteiger charge is -2.34. The van der Waals surface area contributed by atoms with Crippen LogP contribution in [0.2, 0.25) is 0 Å². The van der Waals surface area contributed by atoms with Crippen molar-refractivity contribution in [2.45, 2.75) is 71.4 Å². The molecule has 1 saturated heterocycles. The highest BCUT2D eigenvalue weighted by Gasteiger charge is 2.35. The Labute approximate surface area is 166 Å². The van der Waals surface area contributed by atoms with Gasteiger partial charge in [0.1, 0.15) is 5.60 Å². The van der Waals surface area contributed by atoms with Gasteiger partial charge in [-0.2, -0.15) is 0 Å². The molecule has 1 aliphatic heterocycles. The zero-order chi connectivity index (χ0) is 19.6. The number of aryl methyl sites for hydroxylation is 1. The molecule has 0 spiro atoms. The summed E-state index contributed by atoms with van der Waals surface area (Å²) in [5.74, 6) is 1.25. The molecule has 5 nitrogen and oxygen atoms in total. The Bertz CT molecular complexity index is 667. The highest BCUT2D eigenvalue weighted by molar-refractivity contribution is 7.13. The van der Waals surface area contributed by atoms with E-state index in [0.717, 1.165) is 42.1 Å². The predicted molar refractivity (Wildman–Crippen MR) is 108 cm³/mol. The van der Waals surface area contributed by atoms with E-state index in [2.05, 4.69) is 5.32 Å². The van der Waals surface area contributed by atoms with Gasteiger partial charge in [-0.3, -0.25) is 4.79 Å². The molecule has 0 bridgehead atoms. The van der Waals surface area contributed by atoms with Crippen molar-refractivity contribution >= 4 is 23.3 Å². The summed E-state index contributed by atoms with van der Waals surface area (Å²) in [6.45, 7) is 9.21. The number of amides is 2. The molecular weight excluding hydrogens is 360 g/mol. The molecule has 1 saturated carbocycles. The number of nitrogens with one attached hydrogen (secondary N) is 1. The van der Waals surface area contributed by atoms with Gasteiger partial charge >= 0.3 is 6.09 Å². The molecule has 1 aromatic rings. The molecule has 6 heteroatoms. The second-order valence-electron chi connectivity index (χ2n) is 8.97. The fourth-order valence-electron chi connectivity index (χ4n) is 3.70. The van der Waals surface area contributed by atoms with Crippen LogP contribution in [0.3, 0.4) is 0 Å². The van der Waals surface area contributed by atoms with Crippen LogP contribution >= 0.6 is 11.3 Å². The van der Waals surface area contributed by atoms with Crippen LogP contribution in [0.5, 0.6) is 0 Å². The molecule has 1 aliphatic carbocycles. The molecule has 1 atom stereocenters. The van der Waals surface area contributed by atoms with Crippen LogP contribution in [-0.2, 0) is 4.74 Å². The van der Waals surface area contributed by atoms with E-state index in [1.165, 1.54) is 12.8 Å². The van der Waals surface area contributed by atoms with Gasteiger partial charge in [-0.1, -0.05) is 0 Å². The molecule has 2 aliphatic rings. The molecule has 0 unspecified atom stereocenters. The van der Waals surface area contributed by atoms with Crippen LogP contribution in [0.1, 0.15) is 67.4 Å². The first-order chi connectivity index (χ1) is 12.7. The molecule has 1 aromatic heterocycles. The lowest BCUT2D eigenvalue weighted by Crippen LogP contribution is -2.43. The van der Waals surface area contributed by atoms with Crippen molar-refractivity contribution in [2.75, 3.05) is 13.1 Å². The number of hydrogen-bond donors (Lipinski definition) is 1. The lowest BCUT2D eigenvalue weighted by atomic mass is 9.88. The van der Waals surface area contributed by atoms with E-state index in [1.807, 2.05) is 44.7 Å². The van der Waals surface area contributed by atoms with Gasteiger partial charge in [0.2, 0.25) is 0 Å². The number of piperidine rings is 1. The van der Waals surface area contributed by atoms with Gasteiger partial charge in [0.25, 0.3) is 5.91 Å². The first-order valence-electron chi connectivity index (χ1n) is 10.1. The van der Waals surface area contributed by atoms with Gasteiger partial charge in [0, 0.05) is 24.0 Å². The fourth-order valence-corrected chi connectivity index (χ4v) is 4.47. The monoisotopic (exact) mass is 392 g/mol. The minimum atomic E-state index is -0.449. The number of ether oxygens (including phenoxy) is 1. The van der Waals surface area contributed by atoms with E-state index in [4.69, 9.17) is 4.74 Å². The summed E-state index contributed by atoms with van der Waals surface area (Å²) in [7, 11) is 0. The van der Waals surface area contributed by atoms with Crippen molar-refractivity contribution < 1.29 is 14.3 Å². The summed E-state index contributed by atoms with van der Waals surface area (Å²) in [6, 6.07) is 4.18. The second kappa shape index (κ2) is 8.21. The van der Waals surface area contributed by atoms with Crippen molar-refractivity contribution in [1.82, 2.24) is 10.2 Å². The normalized spacial score (nSPS) is 19.6. The summed E-state index contributed by atoms with van der Waals surface area (Å²) in [5.41, 5.74) is -0.449. The summed E-state index contributed by atoms with van der Waals surface area (Å²) < 4.78 is 5.48. The average Bonchev–Trinajstić information content (AvgIpc) is 3.34. The number of likely N-dealkylation sites (tertiary alicyclic amines) is 1. The molecule has 27 heavy (non-hydrogen) atoms. The molecular formula is C21H32N2O3S. The molecule has 2 amide bonds. The maximum Gasteiger partial charge on any atom is 0.410 e. The van der Waals surface area contributed by atoms with Crippen LogP contribution < -0.4 is 5.32 Å². The highest BCUT2D eigenvalue weighted by Crippen LogP contribution is 2.37. The van der Waals surface area contributed by atoms with Crippen LogP contribution in [0.15, 0.2) is 12.1 Å². The standard InChI is InChI=1S/C21H32N2O3S/c1-14-5-8-18(27-14)19(24)22-17(16-6-7-16)13-15-9-11-23(12-10-15)20(25)26-21(2,3)4/h5,8,15-17H,6-7,9-13H2,1-4H3,(H,22,24)/t17-/m0/s1. The van der Waals surface area contributed by atoms with Crippen LogP contribution in [-0.4, -0.2) is 41.6 Å². The Morgan fingerprint density at radius 3 is 2.41 bits per heavy atom. The Hall–Kier alpha value is -1.56. The van der Waals surface area contributed by atoms with E-state index in [9.17, 15) is 9.59 Å². The summed E-state index contributed by atoms with van der Waals surface area (Å²) >= 11 is 1.55. The lowest BCUT2D eigenvalue weighted by molar-refractivity contribution is 0.0177. The average molecular weight is 393 g/mol. The third-order valence-electron chi connectivity index (χ3n) is 5.33. The smallest absolute Gasteiger partial charge is 0.410 e. The number of rotatable bonds is 5. The van der Waals surface area contributed by atoms with Crippen LogP contribution in [0.4, 0.5) is 4.79 Å². The van der Waals surface area contributed by atoms with E-state index < -0.39 is 5.60 Å². The highest BCUT2D eigenvalue weighted by atomic mass is 32.1. The summed E-state index contributed by atoms with van der Waals surface area (Å²) in [5, 5.41) is 3.29. The third kappa shape index (κ3) is 5.96. The topological polar surface area (TPSA) is 58.6 Å². The van der Waals surface area contributed by atoms with Gasteiger partial charge in [0.05, 0.1) is 4.88 Å². The van der Waals surface area contributed by atoms with Gasteiger partial charge in [0.15, 0.2) is 0 Å². The van der Waals surface area contributed by atoms with E-state index in [1.54, 1.807) is 11.3 Å². The van der Waals surface area contributed by atoms with Crippen molar-refractivity contribution in [3.63, 3.8) is 0 Å². The number of hydrogen-bond acceptors (Lipinski definition) is 4. The van der Waals surface area contributed by atoms with Crippen molar-refractivity contribution in [1.29, 1.82) is 0 Å². The van der Waals surface area contributed by atoms with E-state index in [-0.39, 0.29) is 18.0 Å². The molecule has 2 fully saturated rings. The Balaban J connectivity index is 1.49. The quantitative estimate of drug-likeness (QED) is 0.796. The maximum atomic E-state index is 12.5. The number of nitrogens with zero attached hydrogens (tertiary/aromatic N) is 1. The van der Waals surface area contributed by atoms with Crippen LogP contribution in [0.25, 0.3) is 0 Å². The summed E-state index contributed by atoms with van der Waals surface area (Å²) in [6.07, 6.45) is 5.20. The first kappa shape index (κ1) is 20.2. The summed E-state index contributed by atoms with van der Waals surface area (Å²) in [4.78, 5) is 28.5. The van der Waals surface area contributed by atoms with Gasteiger partial charge in [-0.25, -0.2) is 4.79 Å². The van der Waals surface area contributed by atoms with Crippen LogP contribution in [0, 0.1) is 18.8 Å². The Morgan fingerprint density at radius 2 is 1.89 bits per heavy atom. The number of thiophene rings is 1. The largest absolute Gasteiger partial charge is 0.444 e. The first-order valence-corrected chi connectivity index (χ1v) is 10.9. The SMILES string of the molecule is Cc1ccc(C(=O)N[C@@H](CC2CCN(C(=O)OC(C)(C)C)CC2)C2CC2)s1. The second-order valence-corrected chi connectivity index (χ2v) is 10.3. The van der Waals surface area contributed by atoms with Gasteiger partial charge in [-0.15, -0.1) is 11.3 Å². The third-order valence-corrected chi connectivity index (χ3v) is 6.32. The van der Waals surface area contributed by atoms with Crippen molar-refractivity contribution in [3.8, 4) is 0 Å². The zero-order valence-corrected chi connectivity index (χ0v) is 17.7. The molecule has 1 N–H and O–H groups in total. The minimum Gasteiger partial charge on any atom is -0.444 e. The van der Waals surface area contributed by atoms with Crippen molar-refractivity contribution in [3.05, 3.63) is 21.9 Å².